The van der Waals surface area contributed by atoms with Crippen LogP contribution in [0.5, 0.6) is 23.0 Å². The highest BCUT2D eigenvalue weighted by Crippen LogP contribution is 2.42. The summed E-state index contributed by atoms with van der Waals surface area (Å²) in [6.07, 6.45) is -4.95. The second-order valence-electron chi connectivity index (χ2n) is 5.18. The van der Waals surface area contributed by atoms with Gasteiger partial charge < -0.3 is 18.6 Å². The molecule has 8 heteroatoms. The zero-order valence-corrected chi connectivity index (χ0v) is 13.7. The van der Waals surface area contributed by atoms with Crippen molar-refractivity contribution in [3.05, 3.63) is 58.4 Å². The fourth-order valence-corrected chi connectivity index (χ4v) is 2.44. The number of fused-ring (bicyclic) bond motifs is 1. The molecule has 26 heavy (non-hydrogen) atoms. The molecule has 0 atom stereocenters. The van der Waals surface area contributed by atoms with E-state index in [1.54, 1.807) is 18.2 Å². The van der Waals surface area contributed by atoms with Crippen molar-refractivity contribution in [3.63, 3.8) is 0 Å². The van der Waals surface area contributed by atoms with Crippen LogP contribution in [0.25, 0.3) is 11.0 Å². The molecule has 1 heterocycles. The van der Waals surface area contributed by atoms with E-state index in [1.165, 1.54) is 38.5 Å². The first-order valence-electron chi connectivity index (χ1n) is 7.38. The Hall–Kier alpha value is -3.16. The number of para-hydroxylation sites is 1. The minimum atomic E-state index is -4.95. The van der Waals surface area contributed by atoms with Gasteiger partial charge in [0.25, 0.3) is 5.76 Å². The van der Waals surface area contributed by atoms with Crippen molar-refractivity contribution in [2.24, 2.45) is 0 Å². The van der Waals surface area contributed by atoms with Crippen molar-refractivity contribution in [2.45, 2.75) is 6.18 Å². The highest BCUT2D eigenvalue weighted by molar-refractivity contribution is 5.86. The molecule has 0 bridgehead atoms. The molecule has 0 fully saturated rings. The first-order chi connectivity index (χ1) is 12.4. The minimum absolute atomic E-state index is 0.0742. The number of hydrogen-bond acceptors (Lipinski definition) is 5. The van der Waals surface area contributed by atoms with E-state index in [9.17, 15) is 18.0 Å². The van der Waals surface area contributed by atoms with E-state index in [-0.39, 0.29) is 28.2 Å². The molecule has 0 radical (unpaired) electrons. The van der Waals surface area contributed by atoms with Crippen LogP contribution in [0.1, 0.15) is 5.76 Å². The van der Waals surface area contributed by atoms with Crippen LogP contribution in [0.15, 0.2) is 51.7 Å². The quantitative estimate of drug-likeness (QED) is 0.674. The Morgan fingerprint density at radius 1 is 0.923 bits per heavy atom. The maximum absolute atomic E-state index is 13.5. The van der Waals surface area contributed by atoms with Gasteiger partial charge in [-0.2, -0.15) is 13.2 Å². The molecule has 0 spiro atoms. The van der Waals surface area contributed by atoms with Gasteiger partial charge in [0.05, 0.1) is 19.6 Å². The summed E-state index contributed by atoms with van der Waals surface area (Å²) >= 11 is 0. The average molecular weight is 366 g/mol. The van der Waals surface area contributed by atoms with Crippen LogP contribution < -0.4 is 19.6 Å². The van der Waals surface area contributed by atoms with Crippen LogP contribution in [0.4, 0.5) is 13.2 Å². The number of methoxy groups -OCH3 is 2. The minimum Gasteiger partial charge on any atom is -0.493 e. The van der Waals surface area contributed by atoms with Crippen LogP contribution in [0.2, 0.25) is 0 Å². The average Bonchev–Trinajstić information content (AvgIpc) is 2.62. The van der Waals surface area contributed by atoms with Gasteiger partial charge >= 0.3 is 6.18 Å². The molecule has 3 rings (SSSR count). The van der Waals surface area contributed by atoms with Gasteiger partial charge in [-0.15, -0.1) is 0 Å². The lowest BCUT2D eigenvalue weighted by Crippen LogP contribution is -2.15. The van der Waals surface area contributed by atoms with Crippen molar-refractivity contribution >= 4 is 11.0 Å². The van der Waals surface area contributed by atoms with E-state index in [4.69, 9.17) is 18.6 Å². The Morgan fingerprint density at radius 3 is 2.19 bits per heavy atom. The molecule has 0 unspecified atom stereocenters. The summed E-state index contributed by atoms with van der Waals surface area (Å²) < 4.78 is 60.8. The van der Waals surface area contributed by atoms with Crippen LogP contribution in [0, 0.1) is 0 Å². The van der Waals surface area contributed by atoms with E-state index in [2.05, 4.69) is 0 Å². The molecule has 0 aliphatic rings. The fourth-order valence-electron chi connectivity index (χ4n) is 2.44. The number of ether oxygens (including phenoxy) is 3. The summed E-state index contributed by atoms with van der Waals surface area (Å²) in [4.78, 5) is 12.7. The van der Waals surface area contributed by atoms with Crippen LogP contribution in [-0.2, 0) is 6.18 Å². The second kappa shape index (κ2) is 6.62. The van der Waals surface area contributed by atoms with Gasteiger partial charge in [0.1, 0.15) is 5.75 Å². The van der Waals surface area contributed by atoms with Gasteiger partial charge in [-0.1, -0.05) is 18.2 Å². The van der Waals surface area contributed by atoms with Crippen LogP contribution >= 0.6 is 0 Å². The Kier molecular flexibility index (Phi) is 4.50. The number of rotatable bonds is 4. The lowest BCUT2D eigenvalue weighted by Gasteiger charge is -2.15. The topological polar surface area (TPSA) is 57.9 Å². The lowest BCUT2D eigenvalue weighted by atomic mass is 10.1. The normalized spacial score (nSPS) is 11.4. The van der Waals surface area contributed by atoms with E-state index in [0.717, 1.165) is 0 Å². The lowest BCUT2D eigenvalue weighted by molar-refractivity contribution is -0.154. The van der Waals surface area contributed by atoms with Crippen molar-refractivity contribution in [1.82, 2.24) is 0 Å². The number of benzene rings is 2. The third-order valence-electron chi connectivity index (χ3n) is 3.58. The predicted molar refractivity (Wildman–Crippen MR) is 87.1 cm³/mol. The van der Waals surface area contributed by atoms with E-state index >= 15 is 0 Å². The summed E-state index contributed by atoms with van der Waals surface area (Å²) in [6, 6.07) is 10.4. The summed E-state index contributed by atoms with van der Waals surface area (Å²) in [5.41, 5.74) is -1.34. The molecule has 0 saturated carbocycles. The van der Waals surface area contributed by atoms with Crippen LogP contribution in [-0.4, -0.2) is 14.2 Å². The molecule has 0 N–H and O–H groups in total. The third-order valence-corrected chi connectivity index (χ3v) is 3.58. The predicted octanol–water partition coefficient (Wildman–Crippen LogP) is 4.62. The molecule has 0 aliphatic carbocycles. The Labute approximate surface area is 145 Å². The Bertz CT molecular complexity index is 994. The zero-order chi connectivity index (χ0) is 18.9. The third kappa shape index (κ3) is 3.05. The van der Waals surface area contributed by atoms with E-state index < -0.39 is 23.1 Å². The number of halogens is 3. The molecule has 3 aromatic rings. The smallest absolute Gasteiger partial charge is 0.453 e. The SMILES string of the molecule is COc1ccc2c(=O)c(Oc3ccccc3)c(C(F)(F)F)oc2c1OC. The van der Waals surface area contributed by atoms with Crippen molar-refractivity contribution in [3.8, 4) is 23.0 Å². The Balaban J connectivity index is 2.33. The first kappa shape index (κ1) is 17.7. The summed E-state index contributed by atoms with van der Waals surface area (Å²) in [5, 5.41) is -0.124. The van der Waals surface area contributed by atoms with Gasteiger partial charge in [0.2, 0.25) is 16.9 Å². The monoisotopic (exact) mass is 366 g/mol. The van der Waals surface area contributed by atoms with Crippen molar-refractivity contribution in [2.75, 3.05) is 14.2 Å². The summed E-state index contributed by atoms with van der Waals surface area (Å²) in [6.45, 7) is 0. The molecule has 136 valence electrons. The van der Waals surface area contributed by atoms with Crippen LogP contribution in [0.3, 0.4) is 0 Å². The zero-order valence-electron chi connectivity index (χ0n) is 13.7. The van der Waals surface area contributed by atoms with E-state index in [0.29, 0.717) is 0 Å². The second-order valence-corrected chi connectivity index (χ2v) is 5.18. The largest absolute Gasteiger partial charge is 0.493 e. The summed E-state index contributed by atoms with van der Waals surface area (Å²) in [7, 11) is 2.55. The fraction of sp³-hybridized carbons (Fsp3) is 0.167. The van der Waals surface area contributed by atoms with Gasteiger partial charge in [-0.25, -0.2) is 0 Å². The van der Waals surface area contributed by atoms with Gasteiger partial charge in [0, 0.05) is 0 Å². The molecular weight excluding hydrogens is 353 g/mol. The first-order valence-corrected chi connectivity index (χ1v) is 7.38. The molecule has 1 aromatic heterocycles. The Morgan fingerprint density at radius 2 is 1.62 bits per heavy atom. The molecule has 0 saturated heterocycles. The van der Waals surface area contributed by atoms with Crippen molar-refractivity contribution < 1.29 is 31.8 Å². The molecule has 0 aliphatic heterocycles. The summed E-state index contributed by atoms with van der Waals surface area (Å²) in [5.74, 6) is -2.40. The molecule has 2 aromatic carbocycles. The maximum atomic E-state index is 13.5. The molecule has 0 amide bonds. The molecule has 5 nitrogen and oxygen atoms in total. The van der Waals surface area contributed by atoms with Gasteiger partial charge in [-0.3, -0.25) is 4.79 Å². The highest BCUT2D eigenvalue weighted by atomic mass is 19.4. The number of alkyl halides is 3. The van der Waals surface area contributed by atoms with Gasteiger partial charge in [-0.05, 0) is 24.3 Å². The van der Waals surface area contributed by atoms with E-state index in [1.807, 2.05) is 0 Å². The maximum Gasteiger partial charge on any atom is 0.453 e. The number of hydrogen-bond donors (Lipinski definition) is 0. The standard InChI is InChI=1S/C18H13F3O5/c1-23-12-9-8-11-13(22)16(25-10-6-4-3-5-7-10)17(18(19,20)21)26-14(11)15(12)24-2/h3-9H,1-2H3. The molecular formula is C18H13F3O5. The highest BCUT2D eigenvalue weighted by Gasteiger charge is 2.41. The van der Waals surface area contributed by atoms with Gasteiger partial charge in [0.15, 0.2) is 11.3 Å². The van der Waals surface area contributed by atoms with Crippen molar-refractivity contribution in [1.29, 1.82) is 0 Å².